The number of nitrogens with zero attached hydrogens (tertiary/aromatic N) is 1. The van der Waals surface area contributed by atoms with E-state index in [0.29, 0.717) is 6.54 Å². The number of hydrogen-bond donors (Lipinski definition) is 2. The van der Waals surface area contributed by atoms with Gasteiger partial charge >= 0.3 is 0 Å². The first-order valence-electron chi connectivity index (χ1n) is 8.60. The van der Waals surface area contributed by atoms with Crippen LogP contribution in [0.3, 0.4) is 0 Å². The van der Waals surface area contributed by atoms with E-state index in [0.717, 1.165) is 50.2 Å². The van der Waals surface area contributed by atoms with Crippen molar-refractivity contribution in [2.24, 2.45) is 4.99 Å². The highest BCUT2D eigenvalue weighted by Gasteiger charge is 2.08. The molecule has 24 heavy (non-hydrogen) atoms. The fourth-order valence-electron chi connectivity index (χ4n) is 2.06. The van der Waals surface area contributed by atoms with Gasteiger partial charge in [-0.2, -0.15) is 0 Å². The number of hydrogen-bond acceptors (Lipinski definition) is 4. The molecule has 0 amide bonds. The summed E-state index contributed by atoms with van der Waals surface area (Å²) in [5.41, 5.74) is 0. The van der Waals surface area contributed by atoms with E-state index in [9.17, 15) is 0 Å². The summed E-state index contributed by atoms with van der Waals surface area (Å²) >= 11 is 0. The summed E-state index contributed by atoms with van der Waals surface area (Å²) in [6, 6.07) is 7.63. The zero-order valence-electron chi connectivity index (χ0n) is 15.3. The van der Waals surface area contributed by atoms with E-state index in [4.69, 9.17) is 14.2 Å². The molecule has 1 unspecified atom stereocenters. The van der Waals surface area contributed by atoms with Crippen molar-refractivity contribution in [1.29, 1.82) is 0 Å². The molecule has 0 saturated heterocycles. The predicted octanol–water partition coefficient (Wildman–Crippen LogP) is 2.44. The van der Waals surface area contributed by atoms with E-state index in [1.54, 1.807) is 7.11 Å². The van der Waals surface area contributed by atoms with Gasteiger partial charge in [0.2, 0.25) is 0 Å². The van der Waals surface area contributed by atoms with Gasteiger partial charge in [-0.1, -0.05) is 12.1 Å². The lowest BCUT2D eigenvalue weighted by atomic mass is 10.3. The van der Waals surface area contributed by atoms with Crippen LogP contribution in [0.2, 0.25) is 0 Å². The van der Waals surface area contributed by atoms with Crippen molar-refractivity contribution < 1.29 is 14.2 Å². The monoisotopic (exact) mass is 337 g/mol. The van der Waals surface area contributed by atoms with Crippen molar-refractivity contribution in [3.05, 3.63) is 24.3 Å². The molecule has 1 aromatic rings. The molecule has 136 valence electrons. The minimum absolute atomic E-state index is 0.0554. The number of benzene rings is 1. The van der Waals surface area contributed by atoms with Crippen LogP contribution >= 0.6 is 0 Å². The van der Waals surface area contributed by atoms with Crippen LogP contribution < -0.4 is 20.1 Å². The van der Waals surface area contributed by atoms with Crippen molar-refractivity contribution in [3.8, 4) is 11.5 Å². The molecular weight excluding hydrogens is 306 g/mol. The van der Waals surface area contributed by atoms with Crippen LogP contribution in [0.5, 0.6) is 11.5 Å². The Hall–Kier alpha value is -1.95. The van der Waals surface area contributed by atoms with Crippen molar-refractivity contribution in [3.63, 3.8) is 0 Å². The van der Waals surface area contributed by atoms with E-state index in [2.05, 4.69) is 15.6 Å². The standard InChI is InChI=1S/C18H31N3O3/c1-5-19-18(20-12-9-13-23-6-2)21-14-15(3)24-17-11-8-7-10-16(17)22-4/h7-8,10-11,15H,5-6,9,12-14H2,1-4H3,(H2,19,20,21). The maximum Gasteiger partial charge on any atom is 0.191 e. The second-order valence-corrected chi connectivity index (χ2v) is 5.28. The van der Waals surface area contributed by atoms with Crippen LogP contribution in [0.25, 0.3) is 0 Å². The molecule has 0 aliphatic carbocycles. The largest absolute Gasteiger partial charge is 0.493 e. The predicted molar refractivity (Wildman–Crippen MR) is 98.2 cm³/mol. The average molecular weight is 337 g/mol. The number of aliphatic imine (C=N–C) groups is 1. The third-order valence-corrected chi connectivity index (χ3v) is 3.21. The summed E-state index contributed by atoms with van der Waals surface area (Å²) in [6.45, 7) is 9.76. The molecule has 0 bridgehead atoms. The number of para-hydroxylation sites is 2. The Balaban J connectivity index is 2.46. The second kappa shape index (κ2) is 12.5. The van der Waals surface area contributed by atoms with E-state index >= 15 is 0 Å². The molecular formula is C18H31N3O3. The smallest absolute Gasteiger partial charge is 0.191 e. The van der Waals surface area contributed by atoms with E-state index in [1.807, 2.05) is 45.0 Å². The molecule has 0 fully saturated rings. The van der Waals surface area contributed by atoms with Gasteiger partial charge in [0.15, 0.2) is 17.5 Å². The first-order chi connectivity index (χ1) is 11.7. The van der Waals surface area contributed by atoms with Gasteiger partial charge in [-0.05, 0) is 39.3 Å². The molecule has 6 nitrogen and oxygen atoms in total. The maximum absolute atomic E-state index is 5.91. The summed E-state index contributed by atoms with van der Waals surface area (Å²) in [5.74, 6) is 2.26. The molecule has 0 aliphatic heterocycles. The summed E-state index contributed by atoms with van der Waals surface area (Å²) in [4.78, 5) is 4.57. The Morgan fingerprint density at radius 3 is 2.58 bits per heavy atom. The number of methoxy groups -OCH3 is 1. The lowest BCUT2D eigenvalue weighted by Crippen LogP contribution is -2.38. The zero-order chi connectivity index (χ0) is 17.6. The van der Waals surface area contributed by atoms with Gasteiger partial charge in [0.25, 0.3) is 0 Å². The third kappa shape index (κ3) is 8.06. The fourth-order valence-corrected chi connectivity index (χ4v) is 2.06. The van der Waals surface area contributed by atoms with Crippen LogP contribution in [-0.2, 0) is 4.74 Å². The zero-order valence-corrected chi connectivity index (χ0v) is 15.3. The van der Waals surface area contributed by atoms with E-state index < -0.39 is 0 Å². The topological polar surface area (TPSA) is 64.1 Å². The first kappa shape index (κ1) is 20.1. The van der Waals surface area contributed by atoms with Crippen molar-refractivity contribution >= 4 is 5.96 Å². The number of nitrogens with one attached hydrogen (secondary N) is 2. The minimum Gasteiger partial charge on any atom is -0.493 e. The molecule has 6 heteroatoms. The summed E-state index contributed by atoms with van der Waals surface area (Å²) in [7, 11) is 1.64. The number of guanidine groups is 1. The van der Waals surface area contributed by atoms with Crippen LogP contribution in [0, 0.1) is 0 Å². The second-order valence-electron chi connectivity index (χ2n) is 5.28. The van der Waals surface area contributed by atoms with Gasteiger partial charge in [-0.3, -0.25) is 0 Å². The van der Waals surface area contributed by atoms with Crippen LogP contribution in [0.1, 0.15) is 27.2 Å². The van der Waals surface area contributed by atoms with Gasteiger partial charge in [-0.15, -0.1) is 0 Å². The van der Waals surface area contributed by atoms with E-state index in [1.165, 1.54) is 0 Å². The Bertz CT molecular complexity index is 480. The molecule has 0 spiro atoms. The van der Waals surface area contributed by atoms with Crippen LogP contribution in [0.4, 0.5) is 0 Å². The third-order valence-electron chi connectivity index (χ3n) is 3.21. The lowest BCUT2D eigenvalue weighted by molar-refractivity contribution is 0.145. The molecule has 2 N–H and O–H groups in total. The number of rotatable bonds is 11. The number of ether oxygens (including phenoxy) is 3. The molecule has 1 atom stereocenters. The molecule has 0 saturated carbocycles. The van der Waals surface area contributed by atoms with Gasteiger partial charge in [-0.25, -0.2) is 4.99 Å². The molecule has 1 rings (SSSR count). The summed E-state index contributed by atoms with van der Waals surface area (Å²) in [6.07, 6.45) is 0.895. The molecule has 0 radical (unpaired) electrons. The van der Waals surface area contributed by atoms with Gasteiger partial charge in [0.1, 0.15) is 6.10 Å². The SMILES string of the molecule is CCNC(=NCC(C)Oc1ccccc1OC)NCCCOCC. The quantitative estimate of drug-likeness (QED) is 0.369. The lowest BCUT2D eigenvalue weighted by Gasteiger charge is -2.16. The molecule has 0 aliphatic rings. The van der Waals surface area contributed by atoms with Gasteiger partial charge in [0, 0.05) is 26.3 Å². The van der Waals surface area contributed by atoms with Gasteiger partial charge in [0.05, 0.1) is 13.7 Å². The Labute approximate surface area is 145 Å². The molecule has 0 heterocycles. The van der Waals surface area contributed by atoms with E-state index in [-0.39, 0.29) is 6.10 Å². The Morgan fingerprint density at radius 2 is 1.92 bits per heavy atom. The Kier molecular flexibility index (Phi) is 10.4. The van der Waals surface area contributed by atoms with Gasteiger partial charge < -0.3 is 24.8 Å². The molecule has 1 aromatic carbocycles. The van der Waals surface area contributed by atoms with Crippen molar-refractivity contribution in [1.82, 2.24) is 10.6 Å². The maximum atomic E-state index is 5.91. The first-order valence-corrected chi connectivity index (χ1v) is 8.60. The van der Waals surface area contributed by atoms with Crippen LogP contribution in [0.15, 0.2) is 29.3 Å². The van der Waals surface area contributed by atoms with Crippen LogP contribution in [-0.4, -0.2) is 52.0 Å². The summed E-state index contributed by atoms with van der Waals surface area (Å²) in [5, 5.41) is 6.53. The normalized spacial score (nSPS) is 12.6. The summed E-state index contributed by atoms with van der Waals surface area (Å²) < 4.78 is 16.5. The Morgan fingerprint density at radius 1 is 1.17 bits per heavy atom. The molecule has 0 aromatic heterocycles. The average Bonchev–Trinajstić information content (AvgIpc) is 2.60. The van der Waals surface area contributed by atoms with Crippen molar-refractivity contribution in [2.75, 3.05) is 40.0 Å². The highest BCUT2D eigenvalue weighted by Crippen LogP contribution is 2.26. The highest BCUT2D eigenvalue weighted by atomic mass is 16.5. The highest BCUT2D eigenvalue weighted by molar-refractivity contribution is 5.79. The fraction of sp³-hybridized carbons (Fsp3) is 0.611. The minimum atomic E-state index is -0.0554. The van der Waals surface area contributed by atoms with Crippen molar-refractivity contribution in [2.45, 2.75) is 33.3 Å².